The Kier molecular flexibility index (Phi) is 5.62. The van der Waals surface area contributed by atoms with E-state index in [2.05, 4.69) is 20.8 Å². The first-order valence-electron chi connectivity index (χ1n) is 6.53. The van der Waals surface area contributed by atoms with Gasteiger partial charge in [0.15, 0.2) is 0 Å². The Bertz CT molecular complexity index is 170. The zero-order valence-electron chi connectivity index (χ0n) is 10.4. The minimum absolute atomic E-state index is 0.297. The highest BCUT2D eigenvalue weighted by molar-refractivity contribution is 4.85. The summed E-state index contributed by atoms with van der Waals surface area (Å²) >= 11 is 0. The van der Waals surface area contributed by atoms with Gasteiger partial charge in [0, 0.05) is 6.61 Å². The van der Waals surface area contributed by atoms with Crippen LogP contribution in [0.25, 0.3) is 0 Å². The van der Waals surface area contributed by atoms with Crippen LogP contribution in [-0.4, -0.2) is 23.9 Å². The van der Waals surface area contributed by atoms with E-state index in [0.29, 0.717) is 30.7 Å². The van der Waals surface area contributed by atoms with E-state index in [1.807, 2.05) is 0 Å². The van der Waals surface area contributed by atoms with Gasteiger partial charge in [-0.25, -0.2) is 0 Å². The molecule has 0 aliphatic carbocycles. The molecular weight excluding hydrogens is 188 g/mol. The van der Waals surface area contributed by atoms with Crippen molar-refractivity contribution >= 4 is 0 Å². The highest BCUT2D eigenvalue weighted by Gasteiger charge is 2.36. The Labute approximate surface area is 94.0 Å². The predicted octanol–water partition coefficient (Wildman–Crippen LogP) is 2.99. The first kappa shape index (κ1) is 13.0. The second kappa shape index (κ2) is 6.49. The van der Waals surface area contributed by atoms with E-state index in [4.69, 9.17) is 9.84 Å². The molecule has 2 nitrogen and oxygen atoms in total. The maximum atomic E-state index is 9.05. The molecule has 2 heteroatoms. The molecule has 0 saturated carbocycles. The van der Waals surface area contributed by atoms with Crippen LogP contribution in [0.3, 0.4) is 0 Å². The lowest BCUT2D eigenvalue weighted by molar-refractivity contribution is -0.0115. The second-order valence-corrected chi connectivity index (χ2v) is 4.72. The number of hydrogen-bond donors (Lipinski definition) is 1. The topological polar surface area (TPSA) is 29.5 Å². The minimum atomic E-state index is 0.297. The van der Waals surface area contributed by atoms with Gasteiger partial charge in [0.1, 0.15) is 0 Å². The van der Waals surface area contributed by atoms with Crippen molar-refractivity contribution in [1.82, 2.24) is 0 Å². The highest BCUT2D eigenvalue weighted by atomic mass is 16.5. The Hall–Kier alpha value is -0.0800. The summed E-state index contributed by atoms with van der Waals surface area (Å²) in [6.07, 6.45) is 6.45. The van der Waals surface area contributed by atoms with Crippen molar-refractivity contribution in [2.45, 2.75) is 65.1 Å². The molecule has 0 aromatic rings. The predicted molar refractivity (Wildman–Crippen MR) is 62.8 cm³/mol. The van der Waals surface area contributed by atoms with Crippen LogP contribution in [0.4, 0.5) is 0 Å². The molecule has 1 rings (SSSR count). The summed E-state index contributed by atoms with van der Waals surface area (Å²) in [6.45, 7) is 6.96. The van der Waals surface area contributed by atoms with Gasteiger partial charge in [-0.1, -0.05) is 33.6 Å². The standard InChI is InChI=1S/C13H26O2/c1-4-10(7-8-14)13-11(5-2)9-12(6-3)15-13/h10-14H,4-9H2,1-3H3. The van der Waals surface area contributed by atoms with Crippen LogP contribution in [0.15, 0.2) is 0 Å². The van der Waals surface area contributed by atoms with Gasteiger partial charge >= 0.3 is 0 Å². The molecule has 0 radical (unpaired) electrons. The normalized spacial score (nSPS) is 33.2. The Morgan fingerprint density at radius 1 is 1.27 bits per heavy atom. The summed E-state index contributed by atoms with van der Waals surface area (Å²) in [5.41, 5.74) is 0. The van der Waals surface area contributed by atoms with Gasteiger partial charge in [0.2, 0.25) is 0 Å². The average molecular weight is 214 g/mol. The molecule has 0 spiro atoms. The molecule has 15 heavy (non-hydrogen) atoms. The van der Waals surface area contributed by atoms with E-state index in [0.717, 1.165) is 19.3 Å². The molecule has 0 bridgehead atoms. The van der Waals surface area contributed by atoms with Gasteiger partial charge in [-0.2, -0.15) is 0 Å². The van der Waals surface area contributed by atoms with Crippen LogP contribution in [0.5, 0.6) is 0 Å². The second-order valence-electron chi connectivity index (χ2n) is 4.72. The van der Waals surface area contributed by atoms with E-state index < -0.39 is 0 Å². The van der Waals surface area contributed by atoms with E-state index in [1.165, 1.54) is 12.8 Å². The van der Waals surface area contributed by atoms with Crippen LogP contribution in [0, 0.1) is 11.8 Å². The summed E-state index contributed by atoms with van der Waals surface area (Å²) in [4.78, 5) is 0. The molecule has 1 aliphatic heterocycles. The van der Waals surface area contributed by atoms with Crippen LogP contribution in [0.1, 0.15) is 52.9 Å². The summed E-state index contributed by atoms with van der Waals surface area (Å²) in [7, 11) is 0. The van der Waals surface area contributed by atoms with Gasteiger partial charge < -0.3 is 9.84 Å². The fourth-order valence-electron chi connectivity index (χ4n) is 2.79. The third-order valence-corrected chi connectivity index (χ3v) is 3.85. The number of rotatable bonds is 6. The highest BCUT2D eigenvalue weighted by Crippen LogP contribution is 2.36. The number of hydrogen-bond acceptors (Lipinski definition) is 2. The van der Waals surface area contributed by atoms with Crippen molar-refractivity contribution in [3.05, 3.63) is 0 Å². The fourth-order valence-corrected chi connectivity index (χ4v) is 2.79. The number of aliphatic hydroxyl groups excluding tert-OH is 1. The molecule has 90 valence electrons. The molecule has 0 amide bonds. The Morgan fingerprint density at radius 2 is 2.00 bits per heavy atom. The summed E-state index contributed by atoms with van der Waals surface area (Å²) in [5.74, 6) is 1.27. The minimum Gasteiger partial charge on any atom is -0.396 e. The van der Waals surface area contributed by atoms with Crippen molar-refractivity contribution in [3.63, 3.8) is 0 Å². The van der Waals surface area contributed by atoms with Crippen molar-refractivity contribution in [2.24, 2.45) is 11.8 Å². The summed E-state index contributed by atoms with van der Waals surface area (Å²) < 4.78 is 6.11. The summed E-state index contributed by atoms with van der Waals surface area (Å²) in [6, 6.07) is 0. The molecule has 0 aromatic carbocycles. The maximum Gasteiger partial charge on any atom is 0.0636 e. The summed E-state index contributed by atoms with van der Waals surface area (Å²) in [5, 5.41) is 9.05. The fraction of sp³-hybridized carbons (Fsp3) is 1.00. The van der Waals surface area contributed by atoms with E-state index in [1.54, 1.807) is 0 Å². The Morgan fingerprint density at radius 3 is 2.47 bits per heavy atom. The molecule has 1 saturated heterocycles. The van der Waals surface area contributed by atoms with Crippen LogP contribution >= 0.6 is 0 Å². The first-order chi connectivity index (χ1) is 7.26. The lowest BCUT2D eigenvalue weighted by Gasteiger charge is -2.26. The van der Waals surface area contributed by atoms with Gasteiger partial charge in [0.25, 0.3) is 0 Å². The van der Waals surface area contributed by atoms with Crippen LogP contribution in [-0.2, 0) is 4.74 Å². The van der Waals surface area contributed by atoms with Crippen LogP contribution < -0.4 is 0 Å². The quantitative estimate of drug-likeness (QED) is 0.736. The van der Waals surface area contributed by atoms with Crippen molar-refractivity contribution in [3.8, 4) is 0 Å². The van der Waals surface area contributed by atoms with Gasteiger partial charge in [0.05, 0.1) is 12.2 Å². The van der Waals surface area contributed by atoms with Crippen molar-refractivity contribution in [2.75, 3.05) is 6.61 Å². The lowest BCUT2D eigenvalue weighted by Crippen LogP contribution is -2.27. The lowest BCUT2D eigenvalue weighted by atomic mass is 9.85. The maximum absolute atomic E-state index is 9.05. The van der Waals surface area contributed by atoms with E-state index >= 15 is 0 Å². The smallest absolute Gasteiger partial charge is 0.0636 e. The molecule has 1 fully saturated rings. The molecule has 1 aliphatic rings. The third-order valence-electron chi connectivity index (χ3n) is 3.85. The molecule has 0 aromatic heterocycles. The van der Waals surface area contributed by atoms with Crippen molar-refractivity contribution in [1.29, 1.82) is 0 Å². The van der Waals surface area contributed by atoms with Gasteiger partial charge in [-0.15, -0.1) is 0 Å². The molecular formula is C13H26O2. The SMILES string of the molecule is CCC1CC(CC)C(C(CC)CCO)O1. The molecule has 4 atom stereocenters. The molecule has 4 unspecified atom stereocenters. The van der Waals surface area contributed by atoms with Gasteiger partial charge in [-0.05, 0) is 31.1 Å². The molecule has 1 N–H and O–H groups in total. The van der Waals surface area contributed by atoms with Gasteiger partial charge in [-0.3, -0.25) is 0 Å². The zero-order valence-corrected chi connectivity index (χ0v) is 10.4. The monoisotopic (exact) mass is 214 g/mol. The van der Waals surface area contributed by atoms with Crippen LogP contribution in [0.2, 0.25) is 0 Å². The number of ether oxygens (including phenoxy) is 1. The van der Waals surface area contributed by atoms with E-state index in [9.17, 15) is 0 Å². The van der Waals surface area contributed by atoms with Crippen molar-refractivity contribution < 1.29 is 9.84 Å². The zero-order chi connectivity index (χ0) is 11.3. The largest absolute Gasteiger partial charge is 0.396 e. The first-order valence-corrected chi connectivity index (χ1v) is 6.53. The third kappa shape index (κ3) is 3.18. The van der Waals surface area contributed by atoms with E-state index in [-0.39, 0.29) is 0 Å². The molecule has 1 heterocycles. The Balaban J connectivity index is 2.56. The number of aliphatic hydroxyl groups is 1. The average Bonchev–Trinajstić information content (AvgIpc) is 2.68.